The summed E-state index contributed by atoms with van der Waals surface area (Å²) in [6.45, 7) is 11.2. The molecule has 1 atom stereocenters. The molecule has 1 aliphatic rings. The molecule has 1 nitrogen and oxygen atoms in total. The predicted octanol–water partition coefficient (Wildman–Crippen LogP) is 4.19. The summed E-state index contributed by atoms with van der Waals surface area (Å²) in [4.78, 5) is 2.43. The van der Waals surface area contributed by atoms with E-state index in [1.54, 1.807) is 0 Å². The quantitative estimate of drug-likeness (QED) is 0.637. The van der Waals surface area contributed by atoms with Crippen LogP contribution in [0.15, 0.2) is 35.5 Å². The first-order chi connectivity index (χ1) is 8.10. The van der Waals surface area contributed by atoms with Crippen LogP contribution in [0, 0.1) is 5.41 Å². The molecule has 0 saturated heterocycles. The van der Waals surface area contributed by atoms with E-state index in [4.69, 9.17) is 0 Å². The van der Waals surface area contributed by atoms with Crippen molar-refractivity contribution in [3.8, 4) is 0 Å². The van der Waals surface area contributed by atoms with E-state index >= 15 is 0 Å². The van der Waals surface area contributed by atoms with Gasteiger partial charge in [0.15, 0.2) is 0 Å². The van der Waals surface area contributed by atoms with Gasteiger partial charge in [0.05, 0.1) is 0 Å². The maximum Gasteiger partial charge on any atom is 0.0192 e. The second-order valence-corrected chi connectivity index (χ2v) is 5.21. The third kappa shape index (κ3) is 3.32. The number of nitrogens with zero attached hydrogens (tertiary/aromatic N) is 1. The van der Waals surface area contributed by atoms with Crippen molar-refractivity contribution in [3.63, 3.8) is 0 Å². The fraction of sp³-hybridized carbons (Fsp3) is 0.625. The molecule has 0 fully saturated rings. The van der Waals surface area contributed by atoms with E-state index in [2.05, 4.69) is 63.9 Å². The van der Waals surface area contributed by atoms with Gasteiger partial charge >= 0.3 is 0 Å². The fourth-order valence-corrected chi connectivity index (χ4v) is 2.53. The molecule has 0 heterocycles. The zero-order valence-corrected chi connectivity index (χ0v) is 12.1. The molecule has 96 valence electrons. The summed E-state index contributed by atoms with van der Waals surface area (Å²) in [5.41, 5.74) is 3.40. The summed E-state index contributed by atoms with van der Waals surface area (Å²) >= 11 is 0. The SMILES string of the molecule is C/C=C\C1=C(/C=C/C)C1(C)CCN(C)CCC. The van der Waals surface area contributed by atoms with E-state index < -0.39 is 0 Å². The summed E-state index contributed by atoms with van der Waals surface area (Å²) < 4.78 is 0. The second kappa shape index (κ2) is 6.20. The molecule has 0 aromatic carbocycles. The van der Waals surface area contributed by atoms with E-state index in [0.717, 1.165) is 0 Å². The molecular formula is C16H27N. The Labute approximate surface area is 107 Å². The maximum atomic E-state index is 2.43. The molecule has 0 radical (unpaired) electrons. The van der Waals surface area contributed by atoms with Gasteiger partial charge in [0, 0.05) is 5.41 Å². The van der Waals surface area contributed by atoms with Crippen LogP contribution in [0.5, 0.6) is 0 Å². The molecule has 17 heavy (non-hydrogen) atoms. The molecule has 0 aliphatic heterocycles. The predicted molar refractivity (Wildman–Crippen MR) is 77.2 cm³/mol. The van der Waals surface area contributed by atoms with Crippen LogP contribution in [0.4, 0.5) is 0 Å². The van der Waals surface area contributed by atoms with Gasteiger partial charge in [-0.05, 0) is 58.0 Å². The van der Waals surface area contributed by atoms with Crippen LogP contribution in [0.2, 0.25) is 0 Å². The van der Waals surface area contributed by atoms with Crippen LogP contribution in [-0.4, -0.2) is 25.0 Å². The Kier molecular flexibility index (Phi) is 5.20. The van der Waals surface area contributed by atoms with Crippen molar-refractivity contribution >= 4 is 0 Å². The molecule has 0 amide bonds. The van der Waals surface area contributed by atoms with E-state index in [-0.39, 0.29) is 0 Å². The number of rotatable bonds is 7. The van der Waals surface area contributed by atoms with Gasteiger partial charge < -0.3 is 4.90 Å². The Morgan fingerprint density at radius 3 is 2.00 bits per heavy atom. The largest absolute Gasteiger partial charge is 0.306 e. The molecule has 1 rings (SSSR count). The molecule has 0 bridgehead atoms. The van der Waals surface area contributed by atoms with E-state index in [1.165, 1.54) is 37.1 Å². The summed E-state index contributed by atoms with van der Waals surface area (Å²) in [6.07, 6.45) is 11.3. The van der Waals surface area contributed by atoms with Crippen LogP contribution in [0.3, 0.4) is 0 Å². The Bertz CT molecular complexity index is 311. The molecule has 0 spiro atoms. The van der Waals surface area contributed by atoms with Gasteiger partial charge in [-0.2, -0.15) is 0 Å². The zero-order valence-electron chi connectivity index (χ0n) is 12.1. The average Bonchev–Trinajstić information content (AvgIpc) is 2.84. The summed E-state index contributed by atoms with van der Waals surface area (Å²) in [5, 5.41) is 0. The van der Waals surface area contributed by atoms with Gasteiger partial charge in [-0.3, -0.25) is 0 Å². The molecule has 0 N–H and O–H groups in total. The lowest BCUT2D eigenvalue weighted by Gasteiger charge is -2.20. The molecule has 0 saturated carbocycles. The first-order valence-electron chi connectivity index (χ1n) is 6.79. The minimum absolute atomic E-state index is 0.334. The van der Waals surface area contributed by atoms with Gasteiger partial charge in [-0.25, -0.2) is 0 Å². The monoisotopic (exact) mass is 233 g/mol. The fourth-order valence-electron chi connectivity index (χ4n) is 2.53. The third-order valence-corrected chi connectivity index (χ3v) is 3.68. The van der Waals surface area contributed by atoms with Crippen molar-refractivity contribution in [1.82, 2.24) is 4.90 Å². The van der Waals surface area contributed by atoms with Gasteiger partial charge in [-0.15, -0.1) is 0 Å². The lowest BCUT2D eigenvalue weighted by atomic mass is 9.95. The van der Waals surface area contributed by atoms with Crippen LogP contribution in [0.25, 0.3) is 0 Å². The topological polar surface area (TPSA) is 3.24 Å². The highest BCUT2D eigenvalue weighted by Gasteiger charge is 2.45. The molecule has 1 unspecified atom stereocenters. The van der Waals surface area contributed by atoms with E-state index in [9.17, 15) is 0 Å². The Hall–Kier alpha value is -0.820. The summed E-state index contributed by atoms with van der Waals surface area (Å²) in [5.74, 6) is 0. The van der Waals surface area contributed by atoms with E-state index in [0.29, 0.717) is 5.41 Å². The van der Waals surface area contributed by atoms with Gasteiger partial charge in [0.2, 0.25) is 0 Å². The van der Waals surface area contributed by atoms with Crippen LogP contribution in [-0.2, 0) is 0 Å². The van der Waals surface area contributed by atoms with Crippen molar-refractivity contribution in [1.29, 1.82) is 0 Å². The lowest BCUT2D eigenvalue weighted by Crippen LogP contribution is -2.23. The molecule has 0 aromatic rings. The van der Waals surface area contributed by atoms with Crippen LogP contribution < -0.4 is 0 Å². The highest BCUT2D eigenvalue weighted by Crippen LogP contribution is 2.56. The molecule has 0 aromatic heterocycles. The normalized spacial score (nSPS) is 24.6. The molecule has 1 aliphatic carbocycles. The minimum Gasteiger partial charge on any atom is -0.306 e. The van der Waals surface area contributed by atoms with Crippen molar-refractivity contribution in [2.75, 3.05) is 20.1 Å². The first-order valence-corrected chi connectivity index (χ1v) is 6.79. The van der Waals surface area contributed by atoms with Crippen LogP contribution >= 0.6 is 0 Å². The first kappa shape index (κ1) is 14.2. The number of allylic oxidation sites excluding steroid dienone is 6. The summed E-state index contributed by atoms with van der Waals surface area (Å²) in [7, 11) is 2.22. The van der Waals surface area contributed by atoms with Gasteiger partial charge in [-0.1, -0.05) is 38.2 Å². The standard InChI is InChI=1S/C16H27N/c1-6-9-14-15(10-7-2)16(14,4)11-13-17(5)12-8-3/h6-7,9-10H,8,11-13H2,1-5H3/b9-6-,10-7+. The third-order valence-electron chi connectivity index (χ3n) is 3.68. The second-order valence-electron chi connectivity index (χ2n) is 5.21. The van der Waals surface area contributed by atoms with Crippen molar-refractivity contribution < 1.29 is 0 Å². The molecule has 1 heteroatoms. The summed E-state index contributed by atoms with van der Waals surface area (Å²) in [6, 6.07) is 0. The Balaban J connectivity index is 2.54. The van der Waals surface area contributed by atoms with Crippen LogP contribution in [0.1, 0.15) is 40.5 Å². The highest BCUT2D eigenvalue weighted by atomic mass is 15.1. The lowest BCUT2D eigenvalue weighted by molar-refractivity contribution is 0.305. The van der Waals surface area contributed by atoms with Crippen molar-refractivity contribution in [2.45, 2.75) is 40.5 Å². The number of hydrogen-bond acceptors (Lipinski definition) is 1. The zero-order chi connectivity index (χ0) is 12.9. The maximum absolute atomic E-state index is 2.43. The van der Waals surface area contributed by atoms with Gasteiger partial charge in [0.25, 0.3) is 0 Å². The van der Waals surface area contributed by atoms with E-state index in [1.807, 2.05) is 0 Å². The van der Waals surface area contributed by atoms with Crippen molar-refractivity contribution in [2.24, 2.45) is 5.41 Å². The smallest absolute Gasteiger partial charge is 0.0192 e. The number of hydrogen-bond donors (Lipinski definition) is 0. The Morgan fingerprint density at radius 2 is 1.59 bits per heavy atom. The molecular weight excluding hydrogens is 206 g/mol. The van der Waals surface area contributed by atoms with Crippen molar-refractivity contribution in [3.05, 3.63) is 35.5 Å². The average molecular weight is 233 g/mol. The highest BCUT2D eigenvalue weighted by molar-refractivity contribution is 5.59. The minimum atomic E-state index is 0.334. The Morgan fingerprint density at radius 1 is 1.06 bits per heavy atom. The van der Waals surface area contributed by atoms with Gasteiger partial charge in [0.1, 0.15) is 0 Å².